The summed E-state index contributed by atoms with van der Waals surface area (Å²) in [5.74, 6) is 0.741. The summed E-state index contributed by atoms with van der Waals surface area (Å²) in [5.41, 5.74) is 1.18. The molecule has 1 aliphatic carbocycles. The summed E-state index contributed by atoms with van der Waals surface area (Å²) in [5, 5.41) is 3.66. The van der Waals surface area contributed by atoms with E-state index in [4.69, 9.17) is 0 Å². The van der Waals surface area contributed by atoms with Gasteiger partial charge in [0, 0.05) is 30.2 Å². The molecule has 1 aliphatic rings. The van der Waals surface area contributed by atoms with E-state index in [0.717, 1.165) is 23.9 Å². The van der Waals surface area contributed by atoms with Gasteiger partial charge in [0.1, 0.15) is 0 Å². The summed E-state index contributed by atoms with van der Waals surface area (Å²) < 4.78 is 1.90. The molecular weight excluding hydrogens is 272 g/mol. The van der Waals surface area contributed by atoms with Gasteiger partial charge in [0.2, 0.25) is 5.91 Å². The van der Waals surface area contributed by atoms with Crippen LogP contribution in [-0.4, -0.2) is 20.4 Å². The Bertz CT molecular complexity index is 590. The van der Waals surface area contributed by atoms with Gasteiger partial charge in [-0.05, 0) is 25.2 Å². The van der Waals surface area contributed by atoms with Crippen molar-refractivity contribution in [3.05, 3.63) is 29.3 Å². The van der Waals surface area contributed by atoms with Crippen LogP contribution in [0.3, 0.4) is 0 Å². The van der Waals surface area contributed by atoms with Crippen LogP contribution in [-0.2, 0) is 24.2 Å². The van der Waals surface area contributed by atoms with Gasteiger partial charge in [-0.3, -0.25) is 4.79 Å². The van der Waals surface area contributed by atoms with E-state index in [-0.39, 0.29) is 5.91 Å². The van der Waals surface area contributed by atoms with Crippen molar-refractivity contribution >= 4 is 22.4 Å². The third-order valence-electron chi connectivity index (χ3n) is 3.59. The Kier molecular flexibility index (Phi) is 3.82. The lowest BCUT2D eigenvalue weighted by Crippen LogP contribution is -2.14. The topological polar surface area (TPSA) is 59.8 Å². The zero-order chi connectivity index (χ0) is 13.9. The maximum absolute atomic E-state index is 11.9. The Hall–Kier alpha value is -1.69. The number of anilines is 1. The van der Waals surface area contributed by atoms with Crippen LogP contribution >= 0.6 is 11.3 Å². The summed E-state index contributed by atoms with van der Waals surface area (Å²) in [4.78, 5) is 21.7. The number of imidazole rings is 1. The minimum Gasteiger partial charge on any atom is -0.337 e. The summed E-state index contributed by atoms with van der Waals surface area (Å²) in [6, 6.07) is 0. The Morgan fingerprint density at radius 1 is 1.60 bits per heavy atom. The highest BCUT2D eigenvalue weighted by Gasteiger charge is 2.20. The fourth-order valence-electron chi connectivity index (χ4n) is 2.42. The van der Waals surface area contributed by atoms with Crippen molar-refractivity contribution in [2.45, 2.75) is 39.2 Å². The Morgan fingerprint density at radius 3 is 3.30 bits per heavy atom. The standard InChI is InChI=1S/C14H18N4OS/c1-10-2-3-11-12(8-10)20-14(16-11)17-13(19)4-6-18-7-5-15-9-18/h5,7,9-10H,2-4,6,8H2,1H3,(H,16,17,19)/t10-/m0/s1. The summed E-state index contributed by atoms with van der Waals surface area (Å²) >= 11 is 1.63. The number of nitrogens with one attached hydrogen (secondary N) is 1. The zero-order valence-electron chi connectivity index (χ0n) is 11.5. The number of amides is 1. The highest BCUT2D eigenvalue weighted by molar-refractivity contribution is 7.15. The molecule has 0 radical (unpaired) electrons. The molecule has 0 spiro atoms. The number of hydrogen-bond acceptors (Lipinski definition) is 4. The molecule has 0 aromatic carbocycles. The molecule has 0 unspecified atom stereocenters. The largest absolute Gasteiger partial charge is 0.337 e. The summed E-state index contributed by atoms with van der Waals surface area (Å²) in [6.45, 7) is 2.92. The lowest BCUT2D eigenvalue weighted by Gasteiger charge is -2.15. The van der Waals surface area contributed by atoms with Gasteiger partial charge >= 0.3 is 0 Å². The molecule has 2 heterocycles. The first-order chi connectivity index (χ1) is 9.70. The molecule has 2 aromatic heterocycles. The van der Waals surface area contributed by atoms with Crippen molar-refractivity contribution in [1.82, 2.24) is 14.5 Å². The monoisotopic (exact) mass is 290 g/mol. The van der Waals surface area contributed by atoms with Crippen LogP contribution in [0.2, 0.25) is 0 Å². The van der Waals surface area contributed by atoms with Crippen LogP contribution in [0.1, 0.15) is 30.3 Å². The molecule has 0 aliphatic heterocycles. The molecule has 2 aromatic rings. The lowest BCUT2D eigenvalue weighted by atomic mass is 9.93. The molecule has 1 atom stereocenters. The third kappa shape index (κ3) is 3.07. The molecule has 0 saturated heterocycles. The number of carbonyl (C=O) groups excluding carboxylic acids is 1. The maximum Gasteiger partial charge on any atom is 0.227 e. The molecule has 20 heavy (non-hydrogen) atoms. The predicted molar refractivity (Wildman–Crippen MR) is 78.8 cm³/mol. The van der Waals surface area contributed by atoms with Gasteiger partial charge in [-0.2, -0.15) is 0 Å². The van der Waals surface area contributed by atoms with Gasteiger partial charge in [0.25, 0.3) is 0 Å². The molecular formula is C14H18N4OS. The first kappa shape index (κ1) is 13.3. The lowest BCUT2D eigenvalue weighted by molar-refractivity contribution is -0.116. The minimum atomic E-state index is 0.0119. The molecule has 0 saturated carbocycles. The third-order valence-corrected chi connectivity index (χ3v) is 4.62. The molecule has 6 heteroatoms. The highest BCUT2D eigenvalue weighted by atomic mass is 32.1. The Morgan fingerprint density at radius 2 is 2.50 bits per heavy atom. The molecule has 1 amide bonds. The second kappa shape index (κ2) is 5.75. The number of aromatic nitrogens is 3. The number of rotatable bonds is 4. The molecule has 106 valence electrons. The van der Waals surface area contributed by atoms with Gasteiger partial charge in [-0.1, -0.05) is 6.92 Å². The van der Waals surface area contributed by atoms with Crippen molar-refractivity contribution in [3.63, 3.8) is 0 Å². The summed E-state index contributed by atoms with van der Waals surface area (Å²) in [7, 11) is 0. The second-order valence-electron chi connectivity index (χ2n) is 5.34. The molecule has 0 fully saturated rings. The van der Waals surface area contributed by atoms with Gasteiger partial charge in [-0.15, -0.1) is 11.3 Å². The van der Waals surface area contributed by atoms with Crippen LogP contribution in [0.25, 0.3) is 0 Å². The number of carbonyl (C=O) groups is 1. The fraction of sp³-hybridized carbons (Fsp3) is 0.500. The highest BCUT2D eigenvalue weighted by Crippen LogP contribution is 2.32. The molecule has 5 nitrogen and oxygen atoms in total. The van der Waals surface area contributed by atoms with Crippen LogP contribution in [0.5, 0.6) is 0 Å². The number of nitrogens with zero attached hydrogens (tertiary/aromatic N) is 3. The van der Waals surface area contributed by atoms with E-state index >= 15 is 0 Å². The van der Waals surface area contributed by atoms with Crippen LogP contribution in [0.4, 0.5) is 5.13 Å². The van der Waals surface area contributed by atoms with Gasteiger partial charge in [0.15, 0.2) is 5.13 Å². The Balaban J connectivity index is 1.56. The number of hydrogen-bond donors (Lipinski definition) is 1. The van der Waals surface area contributed by atoms with Crippen LogP contribution in [0, 0.1) is 5.92 Å². The second-order valence-corrected chi connectivity index (χ2v) is 6.42. The minimum absolute atomic E-state index is 0.0119. The van der Waals surface area contributed by atoms with E-state index in [1.807, 2.05) is 10.8 Å². The first-order valence-corrected chi connectivity index (χ1v) is 7.76. The van der Waals surface area contributed by atoms with E-state index < -0.39 is 0 Å². The van der Waals surface area contributed by atoms with E-state index in [2.05, 4.69) is 22.2 Å². The van der Waals surface area contributed by atoms with Crippen molar-refractivity contribution in [2.75, 3.05) is 5.32 Å². The number of aryl methyl sites for hydroxylation is 2. The molecule has 3 rings (SSSR count). The van der Waals surface area contributed by atoms with Gasteiger partial charge in [0.05, 0.1) is 12.0 Å². The number of fused-ring (bicyclic) bond motifs is 1. The van der Waals surface area contributed by atoms with Crippen molar-refractivity contribution in [2.24, 2.45) is 5.92 Å². The van der Waals surface area contributed by atoms with Crippen LogP contribution in [0.15, 0.2) is 18.7 Å². The van der Waals surface area contributed by atoms with E-state index in [0.29, 0.717) is 13.0 Å². The van der Waals surface area contributed by atoms with Crippen molar-refractivity contribution < 1.29 is 4.79 Å². The average molecular weight is 290 g/mol. The summed E-state index contributed by atoms with van der Waals surface area (Å²) in [6.07, 6.45) is 9.07. The zero-order valence-corrected chi connectivity index (χ0v) is 12.3. The maximum atomic E-state index is 11.9. The van der Waals surface area contributed by atoms with E-state index in [1.165, 1.54) is 17.0 Å². The van der Waals surface area contributed by atoms with Gasteiger partial charge in [-0.25, -0.2) is 9.97 Å². The van der Waals surface area contributed by atoms with Crippen molar-refractivity contribution in [3.8, 4) is 0 Å². The first-order valence-electron chi connectivity index (χ1n) is 6.95. The van der Waals surface area contributed by atoms with Crippen LogP contribution < -0.4 is 5.32 Å². The average Bonchev–Trinajstić information content (AvgIpc) is 3.04. The Labute approximate surface area is 122 Å². The smallest absolute Gasteiger partial charge is 0.227 e. The quantitative estimate of drug-likeness (QED) is 0.941. The SMILES string of the molecule is C[C@H]1CCc2nc(NC(=O)CCn3ccnc3)sc2C1. The van der Waals surface area contributed by atoms with E-state index in [1.54, 1.807) is 23.9 Å². The normalized spacial score (nSPS) is 17.8. The van der Waals surface area contributed by atoms with Crippen molar-refractivity contribution in [1.29, 1.82) is 0 Å². The predicted octanol–water partition coefficient (Wildman–Crippen LogP) is 2.49. The van der Waals surface area contributed by atoms with Gasteiger partial charge < -0.3 is 9.88 Å². The van der Waals surface area contributed by atoms with E-state index in [9.17, 15) is 4.79 Å². The molecule has 1 N–H and O–H groups in total. The fourth-order valence-corrected chi connectivity index (χ4v) is 3.61. The molecule has 0 bridgehead atoms. The number of thiazole rings is 1.